The van der Waals surface area contributed by atoms with E-state index in [1.54, 1.807) is 6.08 Å². The van der Waals surface area contributed by atoms with E-state index in [0.717, 1.165) is 0 Å². The van der Waals surface area contributed by atoms with Gasteiger partial charge in [-0.2, -0.15) is 0 Å². The van der Waals surface area contributed by atoms with Gasteiger partial charge in [-0.1, -0.05) is 0 Å². The van der Waals surface area contributed by atoms with Crippen LogP contribution in [0.25, 0.3) is 0 Å². The fourth-order valence-electron chi connectivity index (χ4n) is 0.476. The van der Waals surface area contributed by atoms with E-state index < -0.39 is 0 Å². The molecule has 0 saturated heterocycles. The molecule has 0 radical (unpaired) electrons. The Morgan fingerprint density at radius 3 is 2.71 bits per heavy atom. The third-order valence-electron chi connectivity index (χ3n) is 0.805. The highest BCUT2D eigenvalue weighted by atomic mass is 16.5. The molecule has 0 aromatic carbocycles. The number of hydrogen-bond acceptors (Lipinski definition) is 2. The van der Waals surface area contributed by atoms with E-state index in [0.29, 0.717) is 0 Å². The zero-order valence-corrected chi connectivity index (χ0v) is 4.05. The van der Waals surface area contributed by atoms with Gasteiger partial charge in [0.2, 0.25) is 0 Å². The summed E-state index contributed by atoms with van der Waals surface area (Å²) in [5.74, 6) is -0.229. The summed E-state index contributed by atoms with van der Waals surface area (Å²) < 4.78 is 4.61. The second-order valence-corrected chi connectivity index (χ2v) is 1.50. The van der Waals surface area contributed by atoms with Crippen molar-refractivity contribution in [2.45, 2.75) is 13.0 Å². The summed E-state index contributed by atoms with van der Waals surface area (Å²) in [6.45, 7) is 1.82. The van der Waals surface area contributed by atoms with Crippen LogP contribution < -0.4 is 0 Å². The maximum Gasteiger partial charge on any atom is 0.331 e. The van der Waals surface area contributed by atoms with Crippen molar-refractivity contribution >= 4 is 5.97 Å². The van der Waals surface area contributed by atoms with Crippen molar-refractivity contribution in [3.63, 3.8) is 0 Å². The van der Waals surface area contributed by atoms with Gasteiger partial charge in [0.05, 0.1) is 0 Å². The first kappa shape index (κ1) is 4.37. The molecule has 2 nitrogen and oxygen atoms in total. The van der Waals surface area contributed by atoms with Crippen molar-refractivity contribution in [1.82, 2.24) is 0 Å². The number of ether oxygens (including phenoxy) is 1. The monoisotopic (exact) mass is 98.0 g/mol. The number of hydrogen-bond donors (Lipinski definition) is 0. The van der Waals surface area contributed by atoms with Crippen LogP contribution in [0, 0.1) is 0 Å². The topological polar surface area (TPSA) is 26.3 Å². The molecule has 0 amide bonds. The molecular weight excluding hydrogens is 92.1 g/mol. The van der Waals surface area contributed by atoms with Gasteiger partial charge in [0.15, 0.2) is 0 Å². The van der Waals surface area contributed by atoms with Crippen LogP contribution in [0.3, 0.4) is 0 Å². The molecule has 0 saturated carbocycles. The van der Waals surface area contributed by atoms with E-state index in [1.807, 2.05) is 6.92 Å². The van der Waals surface area contributed by atoms with Crippen LogP contribution >= 0.6 is 0 Å². The molecule has 1 aliphatic heterocycles. The molecule has 0 bridgehead atoms. The summed E-state index contributed by atoms with van der Waals surface area (Å²) in [6.07, 6.45) is 3.15. The van der Waals surface area contributed by atoms with Crippen molar-refractivity contribution in [2.75, 3.05) is 0 Å². The van der Waals surface area contributed by atoms with Crippen molar-refractivity contribution in [3.05, 3.63) is 12.2 Å². The number of cyclic esters (lactones) is 1. The third kappa shape index (κ3) is 0.796. The molecule has 1 aliphatic rings. The smallest absolute Gasteiger partial charge is 0.331 e. The first-order chi connectivity index (χ1) is 3.29. The Morgan fingerprint density at radius 2 is 2.57 bits per heavy atom. The lowest BCUT2D eigenvalue weighted by Crippen LogP contribution is -2.00. The third-order valence-corrected chi connectivity index (χ3v) is 0.805. The average molecular weight is 98.1 g/mol. The zero-order chi connectivity index (χ0) is 5.28. The van der Waals surface area contributed by atoms with Gasteiger partial charge in [0.25, 0.3) is 0 Å². The summed E-state index contributed by atoms with van der Waals surface area (Å²) in [5.41, 5.74) is 0. The van der Waals surface area contributed by atoms with Gasteiger partial charge in [-0.05, 0) is 13.0 Å². The van der Waals surface area contributed by atoms with E-state index in [-0.39, 0.29) is 12.1 Å². The molecule has 2 heteroatoms. The van der Waals surface area contributed by atoms with Gasteiger partial charge in [-0.25, -0.2) is 4.79 Å². The van der Waals surface area contributed by atoms with Crippen molar-refractivity contribution in [1.29, 1.82) is 0 Å². The fraction of sp³-hybridized carbons (Fsp3) is 0.400. The maximum atomic E-state index is 10.1. The molecule has 0 aromatic rings. The van der Waals surface area contributed by atoms with Crippen LogP contribution in [-0.4, -0.2) is 12.1 Å². The average Bonchev–Trinajstić information content (AvgIpc) is 1.87. The van der Waals surface area contributed by atoms with Gasteiger partial charge in [-0.15, -0.1) is 0 Å². The predicted octanol–water partition coefficient (Wildman–Crippen LogP) is 0.488. The van der Waals surface area contributed by atoms with Crippen molar-refractivity contribution in [2.24, 2.45) is 0 Å². The Labute approximate surface area is 41.8 Å². The van der Waals surface area contributed by atoms with Crippen LogP contribution in [0.2, 0.25) is 0 Å². The first-order valence-corrected chi connectivity index (χ1v) is 2.18. The van der Waals surface area contributed by atoms with Crippen molar-refractivity contribution in [3.8, 4) is 0 Å². The molecule has 0 aliphatic carbocycles. The number of carbonyl (C=O) groups excluding carboxylic acids is 1. The number of carbonyl (C=O) groups is 1. The van der Waals surface area contributed by atoms with Gasteiger partial charge >= 0.3 is 5.97 Å². The number of esters is 1. The molecule has 1 rings (SSSR count). The Balaban J connectivity index is 2.58. The highest BCUT2D eigenvalue weighted by Gasteiger charge is 2.08. The largest absolute Gasteiger partial charge is 0.455 e. The number of rotatable bonds is 0. The fourth-order valence-corrected chi connectivity index (χ4v) is 0.476. The quantitative estimate of drug-likeness (QED) is 0.412. The standard InChI is InChI=1S/C5H6O2/c1-4-2-3-5(6)7-4/h2-4H,1H3/t4-/m0/s1. The molecule has 0 spiro atoms. The van der Waals surface area contributed by atoms with Gasteiger partial charge in [-0.3, -0.25) is 0 Å². The lowest BCUT2D eigenvalue weighted by atomic mass is 10.4. The molecular formula is C5H6O2. The summed E-state index contributed by atoms with van der Waals surface area (Å²) in [6, 6.07) is 0. The molecule has 1 atom stereocenters. The predicted molar refractivity (Wildman–Crippen MR) is 24.7 cm³/mol. The zero-order valence-electron chi connectivity index (χ0n) is 4.05. The van der Waals surface area contributed by atoms with Crippen LogP contribution in [0.4, 0.5) is 0 Å². The first-order valence-electron chi connectivity index (χ1n) is 2.18. The molecule has 0 aromatic heterocycles. The lowest BCUT2D eigenvalue weighted by molar-refractivity contribution is -0.137. The van der Waals surface area contributed by atoms with Crippen LogP contribution in [0.15, 0.2) is 12.2 Å². The van der Waals surface area contributed by atoms with Crippen molar-refractivity contribution < 1.29 is 9.53 Å². The summed E-state index contributed by atoms with van der Waals surface area (Å²) in [7, 11) is 0. The molecule has 0 fully saturated rings. The Bertz CT molecular complexity index is 115. The van der Waals surface area contributed by atoms with Crippen LogP contribution in [0.5, 0.6) is 0 Å². The Morgan fingerprint density at radius 1 is 1.86 bits per heavy atom. The minimum Gasteiger partial charge on any atom is -0.455 e. The van der Waals surface area contributed by atoms with Gasteiger partial charge in [0, 0.05) is 6.08 Å². The van der Waals surface area contributed by atoms with E-state index >= 15 is 0 Å². The normalized spacial score (nSPS) is 28.1. The molecule has 38 valence electrons. The summed E-state index contributed by atoms with van der Waals surface area (Å²) >= 11 is 0. The second kappa shape index (κ2) is 1.37. The van der Waals surface area contributed by atoms with E-state index in [1.165, 1.54) is 6.08 Å². The van der Waals surface area contributed by atoms with Crippen LogP contribution in [-0.2, 0) is 9.53 Å². The van der Waals surface area contributed by atoms with Gasteiger partial charge < -0.3 is 4.74 Å². The molecule has 1 heterocycles. The highest BCUT2D eigenvalue weighted by Crippen LogP contribution is 2.01. The Hall–Kier alpha value is -0.790. The van der Waals surface area contributed by atoms with E-state index in [4.69, 9.17) is 0 Å². The Kier molecular flexibility index (Phi) is 0.855. The van der Waals surface area contributed by atoms with E-state index in [9.17, 15) is 4.79 Å². The second-order valence-electron chi connectivity index (χ2n) is 1.50. The minimum absolute atomic E-state index is 0.00694. The summed E-state index contributed by atoms with van der Waals surface area (Å²) in [4.78, 5) is 10.1. The SMILES string of the molecule is C[C@H]1C=CC(=O)O1. The minimum atomic E-state index is -0.229. The molecule has 0 unspecified atom stereocenters. The maximum absolute atomic E-state index is 10.1. The van der Waals surface area contributed by atoms with E-state index in [2.05, 4.69) is 4.74 Å². The summed E-state index contributed by atoms with van der Waals surface area (Å²) in [5, 5.41) is 0. The lowest BCUT2D eigenvalue weighted by Gasteiger charge is -1.95. The molecule has 7 heavy (non-hydrogen) atoms. The highest BCUT2D eigenvalue weighted by molar-refractivity contribution is 5.84. The van der Waals surface area contributed by atoms with Gasteiger partial charge in [0.1, 0.15) is 6.10 Å². The van der Waals surface area contributed by atoms with Crippen LogP contribution in [0.1, 0.15) is 6.92 Å². The molecule has 0 N–H and O–H groups in total.